The summed E-state index contributed by atoms with van der Waals surface area (Å²) in [7, 11) is -1.86. The van der Waals surface area contributed by atoms with Gasteiger partial charge in [-0.05, 0) is 68.8 Å². The zero-order chi connectivity index (χ0) is 18.6. The molecule has 0 aliphatic carbocycles. The normalized spacial score (nSPS) is 19.7. The maximum atomic E-state index is 9.15. The number of azide groups is 1. The van der Waals surface area contributed by atoms with Crippen molar-refractivity contribution < 1.29 is 13.9 Å². The lowest BCUT2D eigenvalue weighted by atomic mass is 10.0. The Morgan fingerprint density at radius 2 is 1.88 bits per heavy atom. The van der Waals surface area contributed by atoms with E-state index in [0.717, 1.165) is 30.2 Å². The van der Waals surface area contributed by atoms with E-state index >= 15 is 0 Å². The van der Waals surface area contributed by atoms with E-state index in [4.69, 9.17) is 19.4 Å². The van der Waals surface area contributed by atoms with Crippen LogP contribution in [0.1, 0.15) is 24.5 Å². The van der Waals surface area contributed by atoms with Crippen LogP contribution >= 0.6 is 0 Å². The van der Waals surface area contributed by atoms with Crippen LogP contribution in [0, 0.1) is 0 Å². The summed E-state index contributed by atoms with van der Waals surface area (Å²) in [4.78, 5) is 5.48. The smallest absolute Gasteiger partial charge is 0.184 e. The summed E-state index contributed by atoms with van der Waals surface area (Å²) in [6, 6.07) is 5.63. The number of ether oxygens (including phenoxy) is 2. The molecule has 0 spiro atoms. The van der Waals surface area contributed by atoms with Crippen molar-refractivity contribution in [1.82, 2.24) is 4.90 Å². The van der Waals surface area contributed by atoms with E-state index in [0.29, 0.717) is 19.8 Å². The van der Waals surface area contributed by atoms with Gasteiger partial charge in [0, 0.05) is 11.5 Å². The van der Waals surface area contributed by atoms with Gasteiger partial charge in [0.1, 0.15) is 13.2 Å². The largest absolute Gasteiger partial charge is 0.486 e. The highest BCUT2D eigenvalue weighted by molar-refractivity contribution is 6.69. The van der Waals surface area contributed by atoms with Gasteiger partial charge in [-0.3, -0.25) is 0 Å². The minimum Gasteiger partial charge on any atom is -0.486 e. The van der Waals surface area contributed by atoms with Gasteiger partial charge in [-0.1, -0.05) is 11.2 Å². The Kier molecular flexibility index (Phi) is 6.08. The third-order valence-electron chi connectivity index (χ3n) is 4.57. The van der Waals surface area contributed by atoms with Crippen molar-refractivity contribution in [3.63, 3.8) is 0 Å². The number of likely N-dealkylation sites (tertiary alicyclic amines) is 1. The minimum atomic E-state index is -1.86. The molecule has 2 heterocycles. The molecule has 1 saturated heterocycles. The number of hydrogen-bond acceptors (Lipinski definition) is 5. The molecule has 1 aromatic rings. The summed E-state index contributed by atoms with van der Waals surface area (Å²) in [5.74, 6) is 1.49. The molecule has 7 nitrogen and oxygen atoms in total. The van der Waals surface area contributed by atoms with Crippen molar-refractivity contribution in [1.29, 1.82) is 0 Å². The van der Waals surface area contributed by atoms with E-state index < -0.39 is 8.32 Å². The molecule has 0 aromatic heterocycles. The van der Waals surface area contributed by atoms with E-state index in [-0.39, 0.29) is 12.1 Å². The number of rotatable bonds is 7. The lowest BCUT2D eigenvalue weighted by molar-refractivity contribution is 0.139. The van der Waals surface area contributed by atoms with Crippen LogP contribution in [0.3, 0.4) is 0 Å². The molecule has 2 aliphatic rings. The summed E-state index contributed by atoms with van der Waals surface area (Å²) in [5.41, 5.74) is 10.1. The van der Waals surface area contributed by atoms with Crippen molar-refractivity contribution in [2.75, 3.05) is 32.8 Å². The van der Waals surface area contributed by atoms with Crippen LogP contribution in [0.5, 0.6) is 11.5 Å². The topological polar surface area (TPSA) is 79.7 Å². The van der Waals surface area contributed by atoms with Crippen molar-refractivity contribution in [3.8, 4) is 11.5 Å². The minimum absolute atomic E-state index is 0.271. The summed E-state index contributed by atoms with van der Waals surface area (Å²) in [6.07, 6.45) is 2.12. The summed E-state index contributed by atoms with van der Waals surface area (Å²) >= 11 is 0. The summed E-state index contributed by atoms with van der Waals surface area (Å²) in [6.45, 7) is 10.4. The average Bonchev–Trinajstić information content (AvgIpc) is 3.11. The van der Waals surface area contributed by atoms with Gasteiger partial charge in [-0.2, -0.15) is 0 Å². The molecule has 8 heteroatoms. The predicted molar refractivity (Wildman–Crippen MR) is 103 cm³/mol. The van der Waals surface area contributed by atoms with Gasteiger partial charge in [0.15, 0.2) is 19.8 Å². The molecule has 0 unspecified atom stereocenters. The molecule has 2 atom stereocenters. The fourth-order valence-corrected chi connectivity index (χ4v) is 4.53. The molecular weight excluding hydrogens is 348 g/mol. The molecule has 0 amide bonds. The summed E-state index contributed by atoms with van der Waals surface area (Å²) < 4.78 is 17.9. The third kappa shape index (κ3) is 4.91. The molecule has 0 N–H and O–H groups in total. The third-order valence-corrected chi connectivity index (χ3v) is 5.53. The second-order valence-electron chi connectivity index (χ2n) is 7.83. The molecular formula is C18H28N4O3Si. The quantitative estimate of drug-likeness (QED) is 0.310. The van der Waals surface area contributed by atoms with Crippen LogP contribution in [0.15, 0.2) is 23.3 Å². The maximum absolute atomic E-state index is 9.15. The van der Waals surface area contributed by atoms with Gasteiger partial charge in [0.05, 0.1) is 12.1 Å². The van der Waals surface area contributed by atoms with E-state index in [1.54, 1.807) is 0 Å². The fourth-order valence-electron chi connectivity index (χ4n) is 3.48. The van der Waals surface area contributed by atoms with Crippen molar-refractivity contribution in [2.24, 2.45) is 5.11 Å². The van der Waals surface area contributed by atoms with Crippen LogP contribution in [0.25, 0.3) is 10.4 Å². The van der Waals surface area contributed by atoms with E-state index in [1.165, 1.54) is 12.8 Å². The first-order chi connectivity index (χ1) is 12.5. The number of nitrogens with zero attached hydrogens (tertiary/aromatic N) is 4. The molecule has 1 fully saturated rings. The zero-order valence-corrected chi connectivity index (χ0v) is 16.9. The number of fused-ring (bicyclic) bond motifs is 1. The highest BCUT2D eigenvalue weighted by Gasteiger charge is 2.31. The summed E-state index contributed by atoms with van der Waals surface area (Å²) in [5, 5.41) is 4.12. The Morgan fingerprint density at radius 3 is 2.54 bits per heavy atom. The van der Waals surface area contributed by atoms with Crippen LogP contribution < -0.4 is 9.47 Å². The number of hydrogen-bond donors (Lipinski definition) is 0. The molecule has 26 heavy (non-hydrogen) atoms. The second kappa shape index (κ2) is 8.31. The van der Waals surface area contributed by atoms with Crippen molar-refractivity contribution in [3.05, 3.63) is 34.2 Å². The van der Waals surface area contributed by atoms with E-state index in [2.05, 4.69) is 34.6 Å². The molecule has 2 aliphatic heterocycles. The van der Waals surface area contributed by atoms with E-state index in [1.807, 2.05) is 18.2 Å². The lowest BCUT2D eigenvalue weighted by Crippen LogP contribution is -2.38. The van der Waals surface area contributed by atoms with Crippen molar-refractivity contribution in [2.45, 2.75) is 44.6 Å². The first kappa shape index (κ1) is 19.0. The van der Waals surface area contributed by atoms with Crippen LogP contribution in [0.4, 0.5) is 0 Å². The second-order valence-corrected chi connectivity index (χ2v) is 12.3. The van der Waals surface area contributed by atoms with Gasteiger partial charge in [-0.15, -0.1) is 0 Å². The Labute approximate surface area is 156 Å². The van der Waals surface area contributed by atoms with Crippen LogP contribution in [-0.2, 0) is 4.43 Å². The highest BCUT2D eigenvalue weighted by atomic mass is 28.4. The molecule has 1 aromatic carbocycles. The van der Waals surface area contributed by atoms with Crippen LogP contribution in [-0.4, -0.2) is 52.1 Å². The Bertz CT molecular complexity index is 667. The van der Waals surface area contributed by atoms with Gasteiger partial charge >= 0.3 is 0 Å². The zero-order valence-electron chi connectivity index (χ0n) is 15.9. The molecule has 142 valence electrons. The first-order valence-electron chi connectivity index (χ1n) is 9.30. The van der Waals surface area contributed by atoms with Crippen molar-refractivity contribution >= 4 is 8.32 Å². The van der Waals surface area contributed by atoms with Gasteiger partial charge in [0.25, 0.3) is 0 Å². The standard InChI is InChI=1S/C18H28N4O3Si/c1-26(2,3)25-18(15(20-21-19)13-22-8-4-5-9-22)14-6-7-16-17(12-14)24-11-10-23-16/h6-7,12,15,18H,4-5,8-11,13H2,1-3H3/t15-,18-/m1/s1. The first-order valence-corrected chi connectivity index (χ1v) is 12.7. The van der Waals surface area contributed by atoms with Gasteiger partial charge < -0.3 is 18.8 Å². The Hall–Kier alpha value is -1.73. The van der Waals surface area contributed by atoms with Crippen LogP contribution in [0.2, 0.25) is 19.6 Å². The molecule has 3 rings (SSSR count). The SMILES string of the molecule is C[Si](C)(C)O[C@H](c1ccc2c(c1)OCCO2)[C@@H](CN1CCCC1)N=[N+]=[N-]. The Morgan fingerprint density at radius 1 is 1.19 bits per heavy atom. The molecule has 0 bridgehead atoms. The van der Waals surface area contributed by atoms with Gasteiger partial charge in [-0.25, -0.2) is 0 Å². The predicted octanol–water partition coefficient (Wildman–Crippen LogP) is 4.13. The molecule has 0 saturated carbocycles. The maximum Gasteiger partial charge on any atom is 0.184 e. The van der Waals surface area contributed by atoms with Gasteiger partial charge in [0.2, 0.25) is 0 Å². The molecule has 0 radical (unpaired) electrons. The lowest BCUT2D eigenvalue weighted by Gasteiger charge is -2.33. The average molecular weight is 377 g/mol. The number of benzene rings is 1. The monoisotopic (exact) mass is 376 g/mol. The fraction of sp³-hybridized carbons (Fsp3) is 0.667. The highest BCUT2D eigenvalue weighted by Crippen LogP contribution is 2.36. The van der Waals surface area contributed by atoms with E-state index in [9.17, 15) is 0 Å². The Balaban J connectivity index is 1.90.